The lowest BCUT2D eigenvalue weighted by Gasteiger charge is -2.33. The number of carbonyl (C=O) groups excluding carboxylic acids is 1. The van der Waals surface area contributed by atoms with Gasteiger partial charge in [0.15, 0.2) is 6.04 Å². The number of carbonyl (C=O) groups is 1. The highest BCUT2D eigenvalue weighted by atomic mass is 32.1. The summed E-state index contributed by atoms with van der Waals surface area (Å²) < 4.78 is 0.618. The molecule has 1 aliphatic rings. The van der Waals surface area contributed by atoms with Gasteiger partial charge in [-0.1, -0.05) is 30.9 Å². The van der Waals surface area contributed by atoms with Crippen LogP contribution in [0.25, 0.3) is 10.6 Å². The summed E-state index contributed by atoms with van der Waals surface area (Å²) in [6.07, 6.45) is 4.62. The highest BCUT2D eigenvalue weighted by Crippen LogP contribution is 2.44. The van der Waals surface area contributed by atoms with Crippen molar-refractivity contribution in [2.45, 2.75) is 26.3 Å². The maximum Gasteiger partial charge on any atom is 0.244 e. The Balaban J connectivity index is 2.05. The van der Waals surface area contributed by atoms with E-state index in [2.05, 4.69) is 31.6 Å². The second-order valence-corrected chi connectivity index (χ2v) is 7.61. The molecule has 0 bridgehead atoms. The van der Waals surface area contributed by atoms with Crippen molar-refractivity contribution in [3.8, 4) is 10.6 Å². The standard InChI is InChI=1S/C16H19N3OS2/c1-10-6-8-19(3,13(10)16(20)21)15-11(2)18-14(22-15)12-5-4-7-17-9-12/h4-5,7,9-10,13H,6,8H2,1-3H3/p+1/t10?,13-,19?/m0/s1. The highest BCUT2D eigenvalue weighted by Gasteiger charge is 2.50. The molecule has 1 saturated heterocycles. The fourth-order valence-electron chi connectivity index (χ4n) is 3.52. The minimum Gasteiger partial charge on any atom is -0.281 e. The molecule has 0 aromatic carbocycles. The number of likely N-dealkylation sites (N-methyl/N-ethyl adjacent to an activating group) is 1. The molecule has 1 fully saturated rings. The van der Waals surface area contributed by atoms with Crippen molar-refractivity contribution in [1.29, 1.82) is 0 Å². The number of nitrogens with zero attached hydrogens (tertiary/aromatic N) is 3. The summed E-state index contributed by atoms with van der Waals surface area (Å²) in [5, 5.41) is 2.10. The van der Waals surface area contributed by atoms with Crippen LogP contribution in [0.1, 0.15) is 19.0 Å². The normalized spacial score (nSPS) is 28.0. The van der Waals surface area contributed by atoms with E-state index < -0.39 is 0 Å². The zero-order valence-electron chi connectivity index (χ0n) is 13.0. The quantitative estimate of drug-likeness (QED) is 0.692. The van der Waals surface area contributed by atoms with E-state index in [4.69, 9.17) is 4.98 Å². The molecule has 22 heavy (non-hydrogen) atoms. The van der Waals surface area contributed by atoms with Crippen molar-refractivity contribution in [3.05, 3.63) is 30.2 Å². The zero-order valence-corrected chi connectivity index (χ0v) is 14.7. The lowest BCUT2D eigenvalue weighted by molar-refractivity contribution is -0.114. The fourth-order valence-corrected chi connectivity index (χ4v) is 5.24. The molecule has 3 rings (SSSR count). The van der Waals surface area contributed by atoms with Crippen molar-refractivity contribution >= 4 is 34.1 Å². The number of hydrogen-bond acceptors (Lipinski definition) is 4. The predicted octanol–water partition coefficient (Wildman–Crippen LogP) is 3.32. The third-order valence-corrected chi connectivity index (χ3v) is 6.29. The van der Waals surface area contributed by atoms with Crippen molar-refractivity contribution in [1.82, 2.24) is 14.5 Å². The second kappa shape index (κ2) is 5.76. The van der Waals surface area contributed by atoms with Crippen LogP contribution in [0.4, 0.5) is 5.00 Å². The van der Waals surface area contributed by atoms with Crippen LogP contribution in [0.15, 0.2) is 24.5 Å². The van der Waals surface area contributed by atoms with Gasteiger partial charge in [-0.2, -0.15) is 0 Å². The SMILES string of the molecule is Cc1nc(-c2cccnc2)sc1[N+]1(C)CCC(C)[C@H]1C(=O)S. The Hall–Kier alpha value is -1.24. The lowest BCUT2D eigenvalue weighted by Crippen LogP contribution is -2.53. The molecule has 0 radical (unpaired) electrons. The van der Waals surface area contributed by atoms with E-state index in [0.29, 0.717) is 10.4 Å². The number of rotatable bonds is 3. The van der Waals surface area contributed by atoms with Crippen LogP contribution in [0.2, 0.25) is 0 Å². The van der Waals surface area contributed by atoms with Gasteiger partial charge in [0.25, 0.3) is 0 Å². The molecule has 0 aliphatic carbocycles. The zero-order chi connectivity index (χ0) is 15.9. The van der Waals surface area contributed by atoms with E-state index >= 15 is 0 Å². The van der Waals surface area contributed by atoms with Crippen LogP contribution in [0.5, 0.6) is 0 Å². The molecule has 6 heteroatoms. The van der Waals surface area contributed by atoms with E-state index in [9.17, 15) is 4.79 Å². The maximum atomic E-state index is 12.1. The summed E-state index contributed by atoms with van der Waals surface area (Å²) in [7, 11) is 2.13. The van der Waals surface area contributed by atoms with Gasteiger partial charge in [0.1, 0.15) is 10.7 Å². The molecule has 116 valence electrons. The van der Waals surface area contributed by atoms with Crippen LogP contribution < -0.4 is 4.48 Å². The first-order valence-electron chi connectivity index (χ1n) is 7.40. The van der Waals surface area contributed by atoms with Crippen molar-refractivity contribution in [3.63, 3.8) is 0 Å². The Kier molecular flexibility index (Phi) is 4.09. The first-order valence-corrected chi connectivity index (χ1v) is 8.66. The van der Waals surface area contributed by atoms with Gasteiger partial charge in [-0.05, 0) is 19.1 Å². The van der Waals surface area contributed by atoms with Gasteiger partial charge in [0.2, 0.25) is 10.1 Å². The molecule has 1 aliphatic heterocycles. The lowest BCUT2D eigenvalue weighted by atomic mass is 10.0. The summed E-state index contributed by atoms with van der Waals surface area (Å²) in [6.45, 7) is 5.12. The average Bonchev–Trinajstić information content (AvgIpc) is 3.01. The van der Waals surface area contributed by atoms with Crippen molar-refractivity contribution in [2.24, 2.45) is 5.92 Å². The Morgan fingerprint density at radius 3 is 2.91 bits per heavy atom. The van der Waals surface area contributed by atoms with Crippen LogP contribution in [0.3, 0.4) is 0 Å². The highest BCUT2D eigenvalue weighted by molar-refractivity contribution is 7.96. The van der Waals surface area contributed by atoms with Crippen LogP contribution in [0, 0.1) is 12.8 Å². The largest absolute Gasteiger partial charge is 0.281 e. The van der Waals surface area contributed by atoms with Crippen LogP contribution >= 0.6 is 24.0 Å². The number of quaternary nitrogens is 1. The van der Waals surface area contributed by atoms with Crippen molar-refractivity contribution < 1.29 is 4.79 Å². The third-order valence-electron chi connectivity index (χ3n) is 4.60. The van der Waals surface area contributed by atoms with Crippen LogP contribution in [-0.2, 0) is 4.79 Å². The van der Waals surface area contributed by atoms with E-state index in [-0.39, 0.29) is 11.2 Å². The predicted molar refractivity (Wildman–Crippen MR) is 94.2 cm³/mol. The Morgan fingerprint density at radius 1 is 1.50 bits per heavy atom. The van der Waals surface area contributed by atoms with Gasteiger partial charge in [0.05, 0.1) is 13.6 Å². The number of thiol groups is 1. The van der Waals surface area contributed by atoms with E-state index in [1.165, 1.54) is 0 Å². The smallest absolute Gasteiger partial charge is 0.244 e. The van der Waals surface area contributed by atoms with Gasteiger partial charge in [-0.15, -0.1) is 0 Å². The minimum absolute atomic E-state index is 0.0248. The van der Waals surface area contributed by atoms with Gasteiger partial charge in [0, 0.05) is 30.3 Å². The topological polar surface area (TPSA) is 42.9 Å². The first kappa shape index (κ1) is 15.6. The molecule has 3 heterocycles. The number of likely N-dealkylation sites (tertiary alicyclic amines) is 1. The molecule has 0 N–H and O–H groups in total. The molecule has 2 aromatic heterocycles. The maximum absolute atomic E-state index is 12.1. The molecule has 4 nitrogen and oxygen atoms in total. The Bertz CT molecular complexity index is 701. The number of thiazole rings is 1. The minimum atomic E-state index is -0.0933. The van der Waals surface area contributed by atoms with E-state index in [1.807, 2.05) is 25.3 Å². The first-order chi connectivity index (χ1) is 10.4. The van der Waals surface area contributed by atoms with E-state index in [1.54, 1.807) is 17.5 Å². The van der Waals surface area contributed by atoms with Crippen LogP contribution in [-0.4, -0.2) is 34.7 Å². The molecule has 2 aromatic rings. The Labute approximate surface area is 140 Å². The van der Waals surface area contributed by atoms with Gasteiger partial charge in [-0.3, -0.25) is 14.3 Å². The third kappa shape index (κ3) is 2.49. The molecule has 3 atom stereocenters. The number of aromatic nitrogens is 2. The van der Waals surface area contributed by atoms with E-state index in [0.717, 1.165) is 34.2 Å². The summed E-state index contributed by atoms with van der Waals surface area (Å²) >= 11 is 5.81. The summed E-state index contributed by atoms with van der Waals surface area (Å²) in [5.41, 5.74) is 2.02. The molecule has 2 unspecified atom stereocenters. The summed E-state index contributed by atoms with van der Waals surface area (Å²) in [6, 6.07) is 3.84. The summed E-state index contributed by atoms with van der Waals surface area (Å²) in [5.74, 6) is 0.346. The monoisotopic (exact) mass is 334 g/mol. The molecule has 0 amide bonds. The molecular formula is C16H20N3OS2+. The number of pyridine rings is 1. The van der Waals surface area contributed by atoms with Crippen molar-refractivity contribution in [2.75, 3.05) is 13.6 Å². The fraction of sp³-hybridized carbons (Fsp3) is 0.438. The van der Waals surface area contributed by atoms with Gasteiger partial charge >= 0.3 is 0 Å². The molecular weight excluding hydrogens is 314 g/mol. The second-order valence-electron chi connectivity index (χ2n) is 6.19. The average molecular weight is 334 g/mol. The number of aryl methyl sites for hydroxylation is 1. The molecule has 0 spiro atoms. The number of hydrogen-bond donors (Lipinski definition) is 1. The molecule has 0 saturated carbocycles. The Morgan fingerprint density at radius 2 is 2.27 bits per heavy atom. The van der Waals surface area contributed by atoms with Gasteiger partial charge < -0.3 is 0 Å². The van der Waals surface area contributed by atoms with Gasteiger partial charge in [-0.25, -0.2) is 4.98 Å². The summed E-state index contributed by atoms with van der Waals surface area (Å²) in [4.78, 5) is 20.9.